The summed E-state index contributed by atoms with van der Waals surface area (Å²) in [6.45, 7) is 1.58. The average Bonchev–Trinajstić information content (AvgIpc) is 2.66. The number of pyridine rings is 1. The molecule has 3 rings (SSSR count). The van der Waals surface area contributed by atoms with E-state index >= 15 is 0 Å². The number of hydrogen-bond acceptors (Lipinski definition) is 6. The molecule has 2 N–H and O–H groups in total. The van der Waals surface area contributed by atoms with Gasteiger partial charge >= 0.3 is 5.69 Å². The number of ether oxygens (including phenoxy) is 1. The number of fused-ring (bicyclic) bond motifs is 1. The van der Waals surface area contributed by atoms with Crippen LogP contribution in [0.25, 0.3) is 10.9 Å². The van der Waals surface area contributed by atoms with Crippen molar-refractivity contribution in [1.82, 2.24) is 14.5 Å². The number of rotatable bonds is 6. The fraction of sp³-hybridized carbons (Fsp3) is 0.222. The summed E-state index contributed by atoms with van der Waals surface area (Å²) in [6.07, 6.45) is 1.59. The molecule has 0 radical (unpaired) electrons. The van der Waals surface area contributed by atoms with Gasteiger partial charge in [-0.25, -0.2) is 9.78 Å². The lowest BCUT2D eigenvalue weighted by Crippen LogP contribution is -2.21. The lowest BCUT2D eigenvalue weighted by atomic mass is 10.2. The molecule has 2 heterocycles. The van der Waals surface area contributed by atoms with Gasteiger partial charge in [0.15, 0.2) is 11.5 Å². The molecule has 0 aliphatic rings. The normalized spacial score (nSPS) is 10.8. The molecular weight excluding hydrogens is 372 g/mol. The Morgan fingerprint density at radius 2 is 2.11 bits per heavy atom. The minimum atomic E-state index is -0.527. The standard InChI is InChI=1S/C18H17ClN4O4/c1-3-12(24)9-27-15-7-10-6-11(4-5-14(10)23(2)17(15)25)21-16-13(19)8-20-18(26)22-16/h4-8H,3,9H2,1-2H3,(H2,20,21,22,26). The van der Waals surface area contributed by atoms with Crippen LogP contribution in [0.4, 0.5) is 11.5 Å². The quantitative estimate of drug-likeness (QED) is 0.671. The first kappa shape index (κ1) is 18.7. The largest absolute Gasteiger partial charge is 0.480 e. The SMILES string of the molecule is CCC(=O)COc1cc2cc(Nc3[nH]c(=O)ncc3Cl)ccc2n(C)c1=O. The first-order valence-electron chi connectivity index (χ1n) is 8.19. The number of aryl methyl sites for hydroxylation is 1. The highest BCUT2D eigenvalue weighted by Crippen LogP contribution is 2.25. The summed E-state index contributed by atoms with van der Waals surface area (Å²) in [7, 11) is 1.63. The third-order valence-electron chi connectivity index (χ3n) is 4.01. The molecule has 0 aliphatic heterocycles. The first-order valence-corrected chi connectivity index (χ1v) is 8.57. The number of nitrogens with one attached hydrogen (secondary N) is 2. The van der Waals surface area contributed by atoms with Crippen LogP contribution in [0, 0.1) is 0 Å². The monoisotopic (exact) mass is 388 g/mol. The van der Waals surface area contributed by atoms with Crippen LogP contribution in [0.1, 0.15) is 13.3 Å². The van der Waals surface area contributed by atoms with Crippen molar-refractivity contribution in [2.45, 2.75) is 13.3 Å². The minimum Gasteiger partial charge on any atom is -0.480 e. The summed E-state index contributed by atoms with van der Waals surface area (Å²) in [5.74, 6) is 0.314. The number of halogens is 1. The topological polar surface area (TPSA) is 106 Å². The van der Waals surface area contributed by atoms with E-state index in [1.54, 1.807) is 38.2 Å². The van der Waals surface area contributed by atoms with Crippen molar-refractivity contribution in [3.8, 4) is 5.75 Å². The van der Waals surface area contributed by atoms with E-state index in [0.717, 1.165) is 0 Å². The molecule has 0 atom stereocenters. The fourth-order valence-corrected chi connectivity index (χ4v) is 2.65. The molecule has 0 fully saturated rings. The number of Topliss-reactive ketones (excluding diaryl/α,β-unsaturated/α-hetero) is 1. The van der Waals surface area contributed by atoms with Gasteiger partial charge in [0.25, 0.3) is 5.56 Å². The summed E-state index contributed by atoms with van der Waals surface area (Å²) in [5.41, 5.74) is 0.476. The minimum absolute atomic E-state index is 0.0937. The molecule has 0 saturated carbocycles. The van der Waals surface area contributed by atoms with Crippen molar-refractivity contribution in [3.05, 3.63) is 56.3 Å². The molecule has 8 nitrogen and oxygen atoms in total. The number of nitrogens with zero attached hydrogens (tertiary/aromatic N) is 2. The highest BCUT2D eigenvalue weighted by Gasteiger charge is 2.11. The molecule has 27 heavy (non-hydrogen) atoms. The Morgan fingerprint density at radius 1 is 1.33 bits per heavy atom. The molecule has 0 spiro atoms. The second-order valence-corrected chi connectivity index (χ2v) is 6.27. The highest BCUT2D eigenvalue weighted by atomic mass is 35.5. The number of carbonyl (C=O) groups excluding carboxylic acids is 1. The summed E-state index contributed by atoms with van der Waals surface area (Å²) >= 11 is 6.03. The van der Waals surface area contributed by atoms with Crippen LogP contribution >= 0.6 is 11.6 Å². The molecule has 2 aromatic heterocycles. The van der Waals surface area contributed by atoms with Crippen LogP contribution in [0.3, 0.4) is 0 Å². The molecule has 140 valence electrons. The Labute approximate surface area is 158 Å². The molecule has 0 unspecified atom stereocenters. The second kappa shape index (κ2) is 7.63. The molecule has 0 saturated heterocycles. The van der Waals surface area contributed by atoms with Crippen molar-refractivity contribution < 1.29 is 9.53 Å². The number of aromatic amines is 1. The van der Waals surface area contributed by atoms with E-state index in [9.17, 15) is 14.4 Å². The maximum atomic E-state index is 12.4. The van der Waals surface area contributed by atoms with Gasteiger partial charge in [0.1, 0.15) is 12.4 Å². The van der Waals surface area contributed by atoms with E-state index in [-0.39, 0.29) is 28.7 Å². The Kier molecular flexibility index (Phi) is 5.27. The number of benzene rings is 1. The zero-order chi connectivity index (χ0) is 19.6. The van der Waals surface area contributed by atoms with Gasteiger partial charge in [0.05, 0.1) is 16.7 Å². The molecule has 9 heteroatoms. The highest BCUT2D eigenvalue weighted by molar-refractivity contribution is 6.32. The third kappa shape index (κ3) is 4.01. The molecule has 0 bridgehead atoms. The predicted molar refractivity (Wildman–Crippen MR) is 103 cm³/mol. The molecule has 3 aromatic rings. The maximum Gasteiger partial charge on any atom is 0.346 e. The van der Waals surface area contributed by atoms with Gasteiger partial charge in [0.2, 0.25) is 0 Å². The smallest absolute Gasteiger partial charge is 0.346 e. The number of H-pyrrole nitrogens is 1. The summed E-state index contributed by atoms with van der Waals surface area (Å²) in [5, 5.41) is 3.99. The van der Waals surface area contributed by atoms with E-state index in [1.807, 2.05) is 0 Å². The number of anilines is 2. The van der Waals surface area contributed by atoms with Crippen LogP contribution in [0.5, 0.6) is 5.75 Å². The summed E-state index contributed by atoms with van der Waals surface area (Å²) < 4.78 is 6.84. The zero-order valence-corrected chi connectivity index (χ0v) is 15.5. The van der Waals surface area contributed by atoms with E-state index < -0.39 is 5.69 Å². The Morgan fingerprint density at radius 3 is 2.85 bits per heavy atom. The summed E-state index contributed by atoms with van der Waals surface area (Å²) in [4.78, 5) is 41.3. The number of aromatic nitrogens is 3. The average molecular weight is 389 g/mol. The van der Waals surface area contributed by atoms with Gasteiger partial charge in [-0.3, -0.25) is 14.6 Å². The van der Waals surface area contributed by atoms with Gasteiger partial charge in [-0.15, -0.1) is 0 Å². The van der Waals surface area contributed by atoms with Crippen molar-refractivity contribution in [2.24, 2.45) is 7.05 Å². The maximum absolute atomic E-state index is 12.4. The first-order chi connectivity index (χ1) is 12.9. The molecule has 0 amide bonds. The van der Waals surface area contributed by atoms with Crippen molar-refractivity contribution in [1.29, 1.82) is 0 Å². The van der Waals surface area contributed by atoms with Gasteiger partial charge in [-0.05, 0) is 24.3 Å². The van der Waals surface area contributed by atoms with Crippen LogP contribution in [-0.4, -0.2) is 26.9 Å². The number of hydrogen-bond donors (Lipinski definition) is 2. The predicted octanol–water partition coefficient (Wildman–Crippen LogP) is 2.38. The fourth-order valence-electron chi connectivity index (χ4n) is 2.51. The third-order valence-corrected chi connectivity index (χ3v) is 4.30. The van der Waals surface area contributed by atoms with Gasteiger partial charge < -0.3 is 14.6 Å². The Balaban J connectivity index is 1.99. The van der Waals surface area contributed by atoms with E-state index in [4.69, 9.17) is 16.3 Å². The lowest BCUT2D eigenvalue weighted by molar-refractivity contribution is -0.120. The second-order valence-electron chi connectivity index (χ2n) is 5.86. The number of ketones is 1. The van der Waals surface area contributed by atoms with Crippen LogP contribution < -0.4 is 21.3 Å². The van der Waals surface area contributed by atoms with Crippen LogP contribution in [0.2, 0.25) is 5.02 Å². The van der Waals surface area contributed by atoms with Crippen molar-refractivity contribution >= 4 is 39.8 Å². The van der Waals surface area contributed by atoms with Gasteiger partial charge in [0, 0.05) is 24.5 Å². The molecule has 0 aliphatic carbocycles. The van der Waals surface area contributed by atoms with Crippen LogP contribution in [-0.2, 0) is 11.8 Å². The zero-order valence-electron chi connectivity index (χ0n) is 14.7. The van der Waals surface area contributed by atoms with Gasteiger partial charge in [-0.2, -0.15) is 0 Å². The van der Waals surface area contributed by atoms with Crippen molar-refractivity contribution in [3.63, 3.8) is 0 Å². The Hall–Kier alpha value is -3.13. The van der Waals surface area contributed by atoms with Crippen LogP contribution in [0.15, 0.2) is 40.1 Å². The van der Waals surface area contributed by atoms with E-state index in [2.05, 4.69) is 15.3 Å². The molecular formula is C18H17ClN4O4. The van der Waals surface area contributed by atoms with E-state index in [1.165, 1.54) is 10.8 Å². The Bertz CT molecular complexity index is 1140. The van der Waals surface area contributed by atoms with Crippen molar-refractivity contribution in [2.75, 3.05) is 11.9 Å². The van der Waals surface area contributed by atoms with E-state index in [0.29, 0.717) is 28.8 Å². The van der Waals surface area contributed by atoms with Gasteiger partial charge in [-0.1, -0.05) is 18.5 Å². The summed E-state index contributed by atoms with van der Waals surface area (Å²) in [6, 6.07) is 6.87. The number of carbonyl (C=O) groups is 1. The lowest BCUT2D eigenvalue weighted by Gasteiger charge is -2.12. The molecule has 1 aromatic carbocycles.